The molecule has 1 spiro atoms. The minimum Gasteiger partial charge on any atom is -0.465 e. The normalized spacial score (nSPS) is 29.4. The first kappa shape index (κ1) is 20.9. The van der Waals surface area contributed by atoms with E-state index in [2.05, 4.69) is 4.98 Å². The first-order chi connectivity index (χ1) is 13.1. The Kier molecular flexibility index (Phi) is 5.60. The molecule has 2 aliphatic rings. The summed E-state index contributed by atoms with van der Waals surface area (Å²) >= 11 is 0. The Morgan fingerprint density at radius 1 is 1.25 bits per heavy atom. The zero-order valence-electron chi connectivity index (χ0n) is 16.0. The number of carbonyl (C=O) groups excluding carboxylic acids is 1. The van der Waals surface area contributed by atoms with Gasteiger partial charge in [-0.1, -0.05) is 0 Å². The van der Waals surface area contributed by atoms with Crippen LogP contribution in [0.25, 0.3) is 0 Å². The molecule has 156 valence electrons. The van der Waals surface area contributed by atoms with E-state index in [0.717, 1.165) is 6.92 Å². The van der Waals surface area contributed by atoms with Crippen molar-refractivity contribution in [1.29, 1.82) is 0 Å². The van der Waals surface area contributed by atoms with Crippen molar-refractivity contribution >= 4 is 11.6 Å². The standard InChI is InChI=1S/C19H25F3N2O4/c1-13(19(20,21)22)28-15-4-3-14(11-23-15)24-10-9-17(16(24)25)5-7-18(26,8-6-17)12-27-2/h3-4,11,13,26H,5-10,12H2,1-2H3/t13-,17-,18+/m1/s1. The predicted octanol–water partition coefficient (Wildman–Crippen LogP) is 3.09. The third kappa shape index (κ3) is 4.10. The molecule has 0 radical (unpaired) electrons. The maximum atomic E-state index is 13.1. The zero-order chi connectivity index (χ0) is 20.6. The fourth-order valence-electron chi connectivity index (χ4n) is 3.99. The highest BCUT2D eigenvalue weighted by atomic mass is 19.4. The van der Waals surface area contributed by atoms with Crippen LogP contribution in [0.15, 0.2) is 18.3 Å². The maximum absolute atomic E-state index is 13.1. The van der Waals surface area contributed by atoms with Gasteiger partial charge in [-0.05, 0) is 45.1 Å². The summed E-state index contributed by atoms with van der Waals surface area (Å²) in [6.07, 6.45) is -2.22. The lowest BCUT2D eigenvalue weighted by Crippen LogP contribution is -2.45. The highest BCUT2D eigenvalue weighted by Gasteiger charge is 2.51. The zero-order valence-corrected chi connectivity index (χ0v) is 16.0. The van der Waals surface area contributed by atoms with Gasteiger partial charge < -0.3 is 19.5 Å². The molecule has 2 heterocycles. The Morgan fingerprint density at radius 2 is 1.93 bits per heavy atom. The smallest absolute Gasteiger partial charge is 0.425 e. The van der Waals surface area contributed by atoms with Crippen molar-refractivity contribution in [3.8, 4) is 5.88 Å². The SMILES string of the molecule is COC[C@]1(O)CC[C@]2(CCN(c3ccc(O[C@H](C)C(F)(F)F)nc3)C2=O)CC1. The van der Waals surface area contributed by atoms with Gasteiger partial charge in [0.15, 0.2) is 6.10 Å². The van der Waals surface area contributed by atoms with Gasteiger partial charge in [-0.15, -0.1) is 0 Å². The molecule has 1 aliphatic carbocycles. The molecule has 1 aliphatic heterocycles. The molecule has 2 fully saturated rings. The van der Waals surface area contributed by atoms with Gasteiger partial charge in [0, 0.05) is 19.7 Å². The summed E-state index contributed by atoms with van der Waals surface area (Å²) in [5.41, 5.74) is -0.852. The number of pyridine rings is 1. The van der Waals surface area contributed by atoms with Crippen LogP contribution in [0.4, 0.5) is 18.9 Å². The lowest BCUT2D eigenvalue weighted by atomic mass is 9.68. The van der Waals surface area contributed by atoms with E-state index in [-0.39, 0.29) is 18.4 Å². The average Bonchev–Trinajstić information content (AvgIpc) is 2.95. The van der Waals surface area contributed by atoms with E-state index in [0.29, 0.717) is 44.3 Å². The second-order valence-electron chi connectivity index (χ2n) is 7.80. The molecule has 0 unspecified atom stereocenters. The molecule has 1 saturated carbocycles. The number of hydrogen-bond acceptors (Lipinski definition) is 5. The number of hydrogen-bond donors (Lipinski definition) is 1. The van der Waals surface area contributed by atoms with Gasteiger partial charge in [-0.3, -0.25) is 4.79 Å². The van der Waals surface area contributed by atoms with Crippen molar-refractivity contribution < 1.29 is 32.5 Å². The van der Waals surface area contributed by atoms with E-state index in [9.17, 15) is 23.1 Å². The van der Waals surface area contributed by atoms with Gasteiger partial charge in [-0.2, -0.15) is 13.2 Å². The van der Waals surface area contributed by atoms with Gasteiger partial charge in [0.25, 0.3) is 0 Å². The molecule has 1 aromatic rings. The Labute approximate surface area is 161 Å². The molecule has 0 aromatic carbocycles. The van der Waals surface area contributed by atoms with Gasteiger partial charge in [0.2, 0.25) is 11.8 Å². The summed E-state index contributed by atoms with van der Waals surface area (Å²) < 4.78 is 47.6. The average molecular weight is 402 g/mol. The molecule has 3 rings (SSSR count). The monoisotopic (exact) mass is 402 g/mol. The van der Waals surface area contributed by atoms with E-state index in [1.165, 1.54) is 12.3 Å². The number of carbonyl (C=O) groups is 1. The minimum atomic E-state index is -4.47. The Morgan fingerprint density at radius 3 is 2.46 bits per heavy atom. The van der Waals surface area contributed by atoms with Gasteiger partial charge in [0.1, 0.15) is 0 Å². The number of aromatic nitrogens is 1. The molecule has 28 heavy (non-hydrogen) atoms. The van der Waals surface area contributed by atoms with E-state index >= 15 is 0 Å². The fraction of sp³-hybridized carbons (Fsp3) is 0.684. The van der Waals surface area contributed by atoms with Crippen LogP contribution >= 0.6 is 0 Å². The highest BCUT2D eigenvalue weighted by molar-refractivity contribution is 5.99. The van der Waals surface area contributed by atoms with Crippen molar-refractivity contribution in [3.05, 3.63) is 18.3 Å². The highest BCUT2D eigenvalue weighted by Crippen LogP contribution is 2.48. The van der Waals surface area contributed by atoms with Crippen molar-refractivity contribution in [3.63, 3.8) is 0 Å². The van der Waals surface area contributed by atoms with Crippen molar-refractivity contribution in [2.45, 2.75) is 56.9 Å². The van der Waals surface area contributed by atoms with E-state index < -0.39 is 23.3 Å². The molecular weight excluding hydrogens is 377 g/mol. The molecule has 1 amide bonds. The topological polar surface area (TPSA) is 71.9 Å². The maximum Gasteiger partial charge on any atom is 0.425 e. The Balaban J connectivity index is 1.65. The number of ether oxygens (including phenoxy) is 2. The fourth-order valence-corrected chi connectivity index (χ4v) is 3.99. The first-order valence-electron chi connectivity index (χ1n) is 9.31. The quantitative estimate of drug-likeness (QED) is 0.820. The van der Waals surface area contributed by atoms with Crippen LogP contribution in [0.5, 0.6) is 5.88 Å². The van der Waals surface area contributed by atoms with E-state index in [1.54, 1.807) is 18.1 Å². The van der Waals surface area contributed by atoms with Crippen molar-refractivity contribution in [2.75, 3.05) is 25.2 Å². The summed E-state index contributed by atoms with van der Waals surface area (Å²) in [5, 5.41) is 10.5. The number of alkyl halides is 3. The van der Waals surface area contributed by atoms with E-state index in [4.69, 9.17) is 9.47 Å². The molecule has 1 N–H and O–H groups in total. The molecular formula is C19H25F3N2O4. The number of nitrogens with zero attached hydrogens (tertiary/aromatic N) is 2. The van der Waals surface area contributed by atoms with Gasteiger partial charge in [-0.25, -0.2) is 4.98 Å². The van der Waals surface area contributed by atoms with Crippen LogP contribution in [-0.2, 0) is 9.53 Å². The Bertz CT molecular complexity index is 700. The van der Waals surface area contributed by atoms with Crippen LogP contribution in [0.3, 0.4) is 0 Å². The molecule has 6 nitrogen and oxygen atoms in total. The summed E-state index contributed by atoms with van der Waals surface area (Å²) in [5.74, 6) is -0.164. The number of anilines is 1. The van der Waals surface area contributed by atoms with Crippen LogP contribution in [-0.4, -0.2) is 54.1 Å². The second kappa shape index (κ2) is 7.51. The van der Waals surface area contributed by atoms with Gasteiger partial charge in [0.05, 0.1) is 29.5 Å². The van der Waals surface area contributed by atoms with Crippen LogP contribution < -0.4 is 9.64 Å². The Hall–Kier alpha value is -1.87. The molecule has 1 atom stereocenters. The molecule has 1 saturated heterocycles. The van der Waals surface area contributed by atoms with Crippen LogP contribution in [0.2, 0.25) is 0 Å². The third-order valence-corrected chi connectivity index (χ3v) is 5.85. The van der Waals surface area contributed by atoms with Crippen LogP contribution in [0, 0.1) is 5.41 Å². The third-order valence-electron chi connectivity index (χ3n) is 5.85. The number of rotatable bonds is 5. The molecule has 1 aromatic heterocycles. The first-order valence-corrected chi connectivity index (χ1v) is 9.31. The van der Waals surface area contributed by atoms with Crippen molar-refractivity contribution in [1.82, 2.24) is 4.98 Å². The largest absolute Gasteiger partial charge is 0.465 e. The summed E-state index contributed by atoms with van der Waals surface area (Å²) in [4.78, 5) is 18.6. The number of halogens is 3. The van der Waals surface area contributed by atoms with Gasteiger partial charge >= 0.3 is 6.18 Å². The molecule has 9 heteroatoms. The van der Waals surface area contributed by atoms with Crippen LogP contribution in [0.1, 0.15) is 39.0 Å². The lowest BCUT2D eigenvalue weighted by Gasteiger charge is -2.40. The number of methoxy groups -OCH3 is 1. The second-order valence-corrected chi connectivity index (χ2v) is 7.80. The summed E-state index contributed by atoms with van der Waals surface area (Å²) in [7, 11) is 1.54. The lowest BCUT2D eigenvalue weighted by molar-refractivity contribution is -0.189. The number of aliphatic hydroxyl groups is 1. The van der Waals surface area contributed by atoms with E-state index in [1.807, 2.05) is 0 Å². The molecule has 0 bridgehead atoms. The summed E-state index contributed by atoms with van der Waals surface area (Å²) in [6.45, 7) is 1.68. The minimum absolute atomic E-state index is 0.0221. The summed E-state index contributed by atoms with van der Waals surface area (Å²) in [6, 6.07) is 2.89. The predicted molar refractivity (Wildman–Crippen MR) is 95.1 cm³/mol. The number of amides is 1. The van der Waals surface area contributed by atoms with Crippen molar-refractivity contribution in [2.24, 2.45) is 5.41 Å².